The number of nitrogens with zero attached hydrogens (tertiary/aromatic N) is 1. The molecular weight excluding hydrogens is 380 g/mol. The van der Waals surface area contributed by atoms with Crippen LogP contribution in [-0.2, 0) is 15.7 Å². The Balaban J connectivity index is 1.64. The van der Waals surface area contributed by atoms with E-state index in [1.54, 1.807) is 19.1 Å². The highest BCUT2D eigenvalue weighted by atomic mass is 16.5. The quantitative estimate of drug-likeness (QED) is 0.694. The Kier molecular flexibility index (Phi) is 6.06. The summed E-state index contributed by atoms with van der Waals surface area (Å²) in [6, 6.07) is 14.7. The largest absolute Gasteiger partial charge is 0.494 e. The third-order valence-corrected chi connectivity index (χ3v) is 5.32. The summed E-state index contributed by atoms with van der Waals surface area (Å²) in [5.41, 5.74) is 0.884. The monoisotopic (exact) mass is 410 g/mol. The maximum Gasteiger partial charge on any atom is 0.325 e. The maximum absolute atomic E-state index is 13.0. The molecule has 1 heterocycles. The van der Waals surface area contributed by atoms with Gasteiger partial charge in [0, 0.05) is 0 Å². The van der Waals surface area contributed by atoms with Crippen molar-refractivity contribution in [1.82, 2.24) is 10.2 Å². The highest BCUT2D eigenvalue weighted by molar-refractivity contribution is 6.07. The molecule has 1 N–H and O–H groups in total. The molecule has 30 heavy (non-hydrogen) atoms. The van der Waals surface area contributed by atoms with Gasteiger partial charge in [-0.3, -0.25) is 9.69 Å². The van der Waals surface area contributed by atoms with Crippen LogP contribution in [0.25, 0.3) is 0 Å². The molecule has 0 saturated carbocycles. The first kappa shape index (κ1) is 21.7. The maximum atomic E-state index is 13.0. The lowest BCUT2D eigenvalue weighted by Gasteiger charge is -2.24. The van der Waals surface area contributed by atoms with Gasteiger partial charge >= 0.3 is 6.03 Å². The molecule has 0 radical (unpaired) electrons. The number of hydrogen-bond acceptors (Lipinski definition) is 4. The third kappa shape index (κ3) is 4.42. The lowest BCUT2D eigenvalue weighted by Crippen LogP contribution is -2.41. The molecule has 0 bridgehead atoms. The lowest BCUT2D eigenvalue weighted by molar-refractivity contribution is -0.131. The molecule has 3 amide bonds. The Morgan fingerprint density at radius 2 is 1.50 bits per heavy atom. The van der Waals surface area contributed by atoms with E-state index < -0.39 is 11.6 Å². The number of amides is 3. The van der Waals surface area contributed by atoms with Gasteiger partial charge in [0.15, 0.2) is 0 Å². The Morgan fingerprint density at radius 3 is 2.03 bits per heavy atom. The van der Waals surface area contributed by atoms with Crippen molar-refractivity contribution >= 4 is 11.9 Å². The smallest absolute Gasteiger partial charge is 0.325 e. The molecule has 6 heteroatoms. The summed E-state index contributed by atoms with van der Waals surface area (Å²) in [5, 5.41) is 2.84. The number of carbonyl (C=O) groups excluding carboxylic acids is 2. The van der Waals surface area contributed by atoms with Crippen LogP contribution < -0.4 is 14.8 Å². The van der Waals surface area contributed by atoms with Crippen LogP contribution in [0, 0.1) is 0 Å². The van der Waals surface area contributed by atoms with Gasteiger partial charge in [-0.1, -0.05) is 45.0 Å². The summed E-state index contributed by atoms with van der Waals surface area (Å²) in [6.07, 6.45) is 0. The van der Waals surface area contributed by atoms with Crippen molar-refractivity contribution in [2.45, 2.75) is 45.6 Å². The van der Waals surface area contributed by atoms with Crippen molar-refractivity contribution in [3.63, 3.8) is 0 Å². The van der Waals surface area contributed by atoms with Crippen LogP contribution >= 0.6 is 0 Å². The normalized spacial score (nSPS) is 19.0. The predicted octanol–water partition coefficient (Wildman–Crippen LogP) is 4.23. The minimum absolute atomic E-state index is 0.0204. The van der Waals surface area contributed by atoms with Gasteiger partial charge < -0.3 is 14.8 Å². The second kappa shape index (κ2) is 8.38. The molecule has 1 fully saturated rings. The first-order valence-electron chi connectivity index (χ1n) is 10.3. The average molecular weight is 411 g/mol. The van der Waals surface area contributed by atoms with Crippen molar-refractivity contribution in [2.24, 2.45) is 0 Å². The van der Waals surface area contributed by atoms with E-state index in [0.717, 1.165) is 11.3 Å². The summed E-state index contributed by atoms with van der Waals surface area (Å²) < 4.78 is 11.1. The third-order valence-electron chi connectivity index (χ3n) is 5.32. The summed E-state index contributed by atoms with van der Waals surface area (Å²) in [4.78, 5) is 26.7. The van der Waals surface area contributed by atoms with Crippen LogP contribution in [0.5, 0.6) is 11.5 Å². The molecule has 0 unspecified atom stereocenters. The lowest BCUT2D eigenvalue weighted by atomic mass is 9.84. The molecule has 3 rings (SSSR count). The first-order chi connectivity index (χ1) is 14.1. The van der Waals surface area contributed by atoms with Gasteiger partial charge in [0.2, 0.25) is 0 Å². The Morgan fingerprint density at radius 1 is 0.933 bits per heavy atom. The van der Waals surface area contributed by atoms with Crippen LogP contribution in [0.4, 0.5) is 4.79 Å². The molecule has 0 aromatic heterocycles. The highest BCUT2D eigenvalue weighted by Gasteiger charge is 2.48. The van der Waals surface area contributed by atoms with E-state index >= 15 is 0 Å². The number of rotatable bonds is 7. The summed E-state index contributed by atoms with van der Waals surface area (Å²) in [6.45, 7) is 11.1. The molecule has 1 atom stereocenters. The Labute approximate surface area is 178 Å². The first-order valence-corrected chi connectivity index (χ1v) is 10.3. The molecule has 2 aromatic carbocycles. The van der Waals surface area contributed by atoms with Gasteiger partial charge in [0.05, 0.1) is 13.2 Å². The number of urea groups is 1. The van der Waals surface area contributed by atoms with Crippen molar-refractivity contribution in [1.29, 1.82) is 0 Å². The Bertz CT molecular complexity index is 900. The molecule has 0 spiro atoms. The zero-order valence-corrected chi connectivity index (χ0v) is 18.3. The summed E-state index contributed by atoms with van der Waals surface area (Å²) in [7, 11) is 0. The summed E-state index contributed by atoms with van der Waals surface area (Å²) in [5.74, 6) is 1.16. The van der Waals surface area contributed by atoms with E-state index in [1.807, 2.05) is 43.3 Å². The van der Waals surface area contributed by atoms with Crippen LogP contribution in [0.3, 0.4) is 0 Å². The average Bonchev–Trinajstić information content (AvgIpc) is 2.93. The number of nitrogens with one attached hydrogen (secondary N) is 1. The number of carbonyl (C=O) groups is 2. The van der Waals surface area contributed by atoms with Gasteiger partial charge in [-0.15, -0.1) is 0 Å². The van der Waals surface area contributed by atoms with E-state index in [-0.39, 0.29) is 24.5 Å². The predicted molar refractivity (Wildman–Crippen MR) is 116 cm³/mol. The van der Waals surface area contributed by atoms with E-state index in [2.05, 4.69) is 26.1 Å². The second-order valence-corrected chi connectivity index (χ2v) is 8.59. The number of imide groups is 1. The number of ether oxygens (including phenoxy) is 2. The van der Waals surface area contributed by atoms with Crippen LogP contribution in [0.15, 0.2) is 48.5 Å². The molecule has 6 nitrogen and oxygen atoms in total. The van der Waals surface area contributed by atoms with Gasteiger partial charge in [0.25, 0.3) is 5.91 Å². The van der Waals surface area contributed by atoms with E-state index in [9.17, 15) is 9.59 Å². The highest BCUT2D eigenvalue weighted by Crippen LogP contribution is 2.31. The van der Waals surface area contributed by atoms with Gasteiger partial charge in [0.1, 0.15) is 23.6 Å². The minimum atomic E-state index is -1.08. The fourth-order valence-corrected chi connectivity index (χ4v) is 3.45. The molecule has 1 aliphatic heterocycles. The van der Waals surface area contributed by atoms with Crippen LogP contribution in [0.2, 0.25) is 0 Å². The zero-order chi connectivity index (χ0) is 21.9. The molecular formula is C24H30N2O4. The van der Waals surface area contributed by atoms with Crippen LogP contribution in [-0.4, -0.2) is 36.6 Å². The molecule has 2 aromatic rings. The second-order valence-electron chi connectivity index (χ2n) is 8.59. The van der Waals surface area contributed by atoms with E-state index in [4.69, 9.17) is 9.47 Å². The van der Waals surface area contributed by atoms with Crippen molar-refractivity contribution < 1.29 is 19.1 Å². The van der Waals surface area contributed by atoms with Crippen molar-refractivity contribution in [3.05, 3.63) is 59.7 Å². The van der Waals surface area contributed by atoms with Gasteiger partial charge in [-0.25, -0.2) is 4.79 Å². The molecule has 1 saturated heterocycles. The SMILES string of the molecule is CCOc1ccc(OCCN2C(=O)N[C@@](C)(c3ccc(C(C)(C)C)cc3)C2=O)cc1. The van der Waals surface area contributed by atoms with Crippen LogP contribution in [0.1, 0.15) is 45.7 Å². The standard InChI is InChI=1S/C24H30N2O4/c1-6-29-19-11-13-20(14-12-19)30-16-15-26-21(27)24(5,25-22(26)28)18-9-7-17(8-10-18)23(2,3)4/h7-14H,6,15-16H2,1-5H3,(H,25,28)/t24-/m0/s1. The number of hydrogen-bond donors (Lipinski definition) is 1. The van der Waals surface area contributed by atoms with Crippen molar-refractivity contribution in [3.8, 4) is 11.5 Å². The molecule has 160 valence electrons. The number of benzene rings is 2. The van der Waals surface area contributed by atoms with E-state index in [0.29, 0.717) is 12.4 Å². The fraction of sp³-hybridized carbons (Fsp3) is 0.417. The Hall–Kier alpha value is -3.02. The van der Waals surface area contributed by atoms with Crippen molar-refractivity contribution in [2.75, 3.05) is 19.8 Å². The van der Waals surface area contributed by atoms with E-state index in [1.165, 1.54) is 10.5 Å². The topological polar surface area (TPSA) is 67.9 Å². The molecule has 1 aliphatic rings. The fourth-order valence-electron chi connectivity index (χ4n) is 3.45. The minimum Gasteiger partial charge on any atom is -0.494 e. The summed E-state index contributed by atoms with van der Waals surface area (Å²) >= 11 is 0. The van der Waals surface area contributed by atoms with Gasteiger partial charge in [-0.2, -0.15) is 0 Å². The zero-order valence-electron chi connectivity index (χ0n) is 18.3. The van der Waals surface area contributed by atoms with Gasteiger partial charge in [-0.05, 0) is 54.7 Å². The molecule has 0 aliphatic carbocycles.